The van der Waals surface area contributed by atoms with Gasteiger partial charge in [-0.1, -0.05) is 6.92 Å². The van der Waals surface area contributed by atoms with Crippen LogP contribution in [0.2, 0.25) is 0 Å². The summed E-state index contributed by atoms with van der Waals surface area (Å²) in [7, 11) is 1.86. The van der Waals surface area contributed by atoms with E-state index in [1.807, 2.05) is 14.0 Å². The molecule has 0 aliphatic carbocycles. The Morgan fingerprint density at radius 1 is 1.40 bits per heavy atom. The van der Waals surface area contributed by atoms with Gasteiger partial charge in [0.1, 0.15) is 0 Å². The minimum Gasteiger partial charge on any atom is -0.355 e. The zero-order chi connectivity index (χ0) is 7.11. The first-order chi connectivity index (χ1) is 4.31. The van der Waals surface area contributed by atoms with Crippen LogP contribution in [0, 0.1) is 0 Å². The van der Waals surface area contributed by atoms with Crippen molar-refractivity contribution in [3.8, 4) is 0 Å². The highest BCUT2D eigenvalue weighted by molar-refractivity contribution is 5.85. The normalized spacial score (nSPS) is 8.20. The minimum absolute atomic E-state index is 0. The summed E-state index contributed by atoms with van der Waals surface area (Å²) in [5.74, 6) is 0.116. The van der Waals surface area contributed by atoms with E-state index >= 15 is 0 Å². The number of hydrogen-bond donors (Lipinski definition) is 2. The molecule has 62 valence electrons. The molecule has 3 nitrogen and oxygen atoms in total. The first kappa shape index (κ1) is 12.4. The van der Waals surface area contributed by atoms with Gasteiger partial charge < -0.3 is 10.6 Å². The molecule has 2 N–H and O–H groups in total. The van der Waals surface area contributed by atoms with Gasteiger partial charge in [0.05, 0.1) is 0 Å². The van der Waals surface area contributed by atoms with Crippen molar-refractivity contribution in [2.75, 3.05) is 20.1 Å². The van der Waals surface area contributed by atoms with Gasteiger partial charge in [-0.25, -0.2) is 0 Å². The van der Waals surface area contributed by atoms with Crippen molar-refractivity contribution in [2.24, 2.45) is 0 Å². The molecule has 0 aliphatic rings. The fraction of sp³-hybridized carbons (Fsp3) is 0.833. The van der Waals surface area contributed by atoms with Gasteiger partial charge in [0.15, 0.2) is 0 Å². The van der Waals surface area contributed by atoms with Crippen molar-refractivity contribution >= 4 is 18.3 Å². The lowest BCUT2D eigenvalue weighted by molar-refractivity contribution is -0.120. The standard InChI is InChI=1S/C6H14N2O.ClH/c1-3-6(9)8-5-4-7-2;/h7H,3-5H2,1-2H3,(H,8,9);1H. The Morgan fingerprint density at radius 3 is 2.40 bits per heavy atom. The Bertz CT molecular complexity index is 87.8. The first-order valence-corrected chi connectivity index (χ1v) is 3.22. The van der Waals surface area contributed by atoms with Crippen LogP contribution in [-0.2, 0) is 4.79 Å². The molecule has 0 saturated heterocycles. The third kappa shape index (κ3) is 7.72. The molecule has 0 aromatic heterocycles. The van der Waals surface area contributed by atoms with Crippen molar-refractivity contribution < 1.29 is 4.79 Å². The zero-order valence-electron chi connectivity index (χ0n) is 6.44. The second kappa shape index (κ2) is 8.72. The molecule has 0 atom stereocenters. The van der Waals surface area contributed by atoms with E-state index in [2.05, 4.69) is 10.6 Å². The van der Waals surface area contributed by atoms with Gasteiger partial charge in [-0.15, -0.1) is 12.4 Å². The van der Waals surface area contributed by atoms with Gasteiger partial charge in [-0.3, -0.25) is 4.79 Å². The number of rotatable bonds is 4. The molecule has 0 unspecified atom stereocenters. The summed E-state index contributed by atoms with van der Waals surface area (Å²) in [5.41, 5.74) is 0. The second-order valence-corrected chi connectivity index (χ2v) is 1.81. The van der Waals surface area contributed by atoms with Gasteiger partial charge in [-0.2, -0.15) is 0 Å². The van der Waals surface area contributed by atoms with Crippen LogP contribution in [0.15, 0.2) is 0 Å². The molecular formula is C6H15ClN2O. The fourth-order valence-corrected chi connectivity index (χ4v) is 0.452. The quantitative estimate of drug-likeness (QED) is 0.584. The van der Waals surface area contributed by atoms with E-state index in [1.165, 1.54) is 0 Å². The largest absolute Gasteiger partial charge is 0.355 e. The molecule has 4 heteroatoms. The Labute approximate surface area is 68.0 Å². The predicted molar refractivity (Wildman–Crippen MR) is 44.5 cm³/mol. The van der Waals surface area contributed by atoms with Crippen molar-refractivity contribution in [3.05, 3.63) is 0 Å². The summed E-state index contributed by atoms with van der Waals surface area (Å²) in [5, 5.41) is 5.66. The lowest BCUT2D eigenvalue weighted by Gasteiger charge is -2.00. The average molecular weight is 167 g/mol. The maximum absolute atomic E-state index is 10.5. The molecule has 0 rings (SSSR count). The van der Waals surface area contributed by atoms with Crippen LogP contribution in [0.1, 0.15) is 13.3 Å². The number of hydrogen-bond acceptors (Lipinski definition) is 2. The van der Waals surface area contributed by atoms with E-state index < -0.39 is 0 Å². The van der Waals surface area contributed by atoms with Crippen LogP contribution in [0.25, 0.3) is 0 Å². The topological polar surface area (TPSA) is 41.1 Å². The van der Waals surface area contributed by atoms with Crippen LogP contribution in [0.4, 0.5) is 0 Å². The number of likely N-dealkylation sites (N-methyl/N-ethyl adjacent to an activating group) is 1. The lowest BCUT2D eigenvalue weighted by Crippen LogP contribution is -2.29. The molecule has 10 heavy (non-hydrogen) atoms. The number of carbonyl (C=O) groups excluding carboxylic acids is 1. The average Bonchev–Trinajstić information content (AvgIpc) is 1.89. The Morgan fingerprint density at radius 2 is 2.00 bits per heavy atom. The smallest absolute Gasteiger partial charge is 0.219 e. The summed E-state index contributed by atoms with van der Waals surface area (Å²) in [6, 6.07) is 0. The molecule has 0 aromatic carbocycles. The summed E-state index contributed by atoms with van der Waals surface area (Å²) in [6.45, 7) is 3.41. The summed E-state index contributed by atoms with van der Waals surface area (Å²) in [4.78, 5) is 10.5. The van der Waals surface area contributed by atoms with Gasteiger partial charge in [0.25, 0.3) is 0 Å². The van der Waals surface area contributed by atoms with Crippen LogP contribution < -0.4 is 10.6 Å². The molecule has 0 spiro atoms. The van der Waals surface area contributed by atoms with Gasteiger partial charge in [0, 0.05) is 19.5 Å². The van der Waals surface area contributed by atoms with Crippen molar-refractivity contribution in [1.82, 2.24) is 10.6 Å². The van der Waals surface area contributed by atoms with E-state index in [9.17, 15) is 4.79 Å². The Balaban J connectivity index is 0. The highest BCUT2D eigenvalue weighted by atomic mass is 35.5. The van der Waals surface area contributed by atoms with Gasteiger partial charge in [-0.05, 0) is 7.05 Å². The van der Waals surface area contributed by atoms with E-state index in [-0.39, 0.29) is 18.3 Å². The number of amides is 1. The van der Waals surface area contributed by atoms with E-state index in [0.29, 0.717) is 6.42 Å². The van der Waals surface area contributed by atoms with Gasteiger partial charge >= 0.3 is 0 Å². The van der Waals surface area contributed by atoms with Crippen LogP contribution in [0.3, 0.4) is 0 Å². The number of carbonyl (C=O) groups is 1. The molecule has 1 amide bonds. The molecule has 0 aliphatic heterocycles. The van der Waals surface area contributed by atoms with E-state index in [4.69, 9.17) is 0 Å². The van der Waals surface area contributed by atoms with E-state index in [1.54, 1.807) is 0 Å². The Kier molecular flexibility index (Phi) is 10.8. The summed E-state index contributed by atoms with van der Waals surface area (Å²) < 4.78 is 0. The molecular weight excluding hydrogens is 152 g/mol. The Hall–Kier alpha value is -0.280. The summed E-state index contributed by atoms with van der Waals surface area (Å²) in [6.07, 6.45) is 0.573. The number of nitrogens with one attached hydrogen (secondary N) is 2. The molecule has 0 fully saturated rings. The van der Waals surface area contributed by atoms with Crippen LogP contribution >= 0.6 is 12.4 Å². The first-order valence-electron chi connectivity index (χ1n) is 3.22. The minimum atomic E-state index is 0. The monoisotopic (exact) mass is 166 g/mol. The third-order valence-corrected chi connectivity index (χ3v) is 1.02. The van der Waals surface area contributed by atoms with Gasteiger partial charge in [0.2, 0.25) is 5.91 Å². The molecule has 0 saturated carbocycles. The third-order valence-electron chi connectivity index (χ3n) is 1.02. The predicted octanol–water partition coefficient (Wildman–Crippen LogP) is 0.154. The molecule has 0 heterocycles. The fourth-order valence-electron chi connectivity index (χ4n) is 0.452. The highest BCUT2D eigenvalue weighted by Gasteiger charge is 1.91. The maximum atomic E-state index is 10.5. The highest BCUT2D eigenvalue weighted by Crippen LogP contribution is 1.71. The van der Waals surface area contributed by atoms with Crippen molar-refractivity contribution in [3.63, 3.8) is 0 Å². The van der Waals surface area contributed by atoms with Crippen molar-refractivity contribution in [1.29, 1.82) is 0 Å². The maximum Gasteiger partial charge on any atom is 0.219 e. The van der Waals surface area contributed by atoms with Crippen LogP contribution in [-0.4, -0.2) is 26.0 Å². The number of halogens is 1. The molecule has 0 radical (unpaired) electrons. The molecule has 0 bridgehead atoms. The van der Waals surface area contributed by atoms with E-state index in [0.717, 1.165) is 13.1 Å². The van der Waals surface area contributed by atoms with Crippen LogP contribution in [0.5, 0.6) is 0 Å². The SMILES string of the molecule is CCC(=O)NCCNC.Cl. The lowest BCUT2D eigenvalue weighted by atomic mass is 10.4. The van der Waals surface area contributed by atoms with Crippen molar-refractivity contribution in [2.45, 2.75) is 13.3 Å². The molecule has 0 aromatic rings. The second-order valence-electron chi connectivity index (χ2n) is 1.81. The zero-order valence-corrected chi connectivity index (χ0v) is 7.25. The summed E-state index contributed by atoms with van der Waals surface area (Å²) >= 11 is 0.